The smallest absolute Gasteiger partial charge is 0.376 e. The molecule has 1 atom stereocenters. The van der Waals surface area contributed by atoms with Gasteiger partial charge in [0.15, 0.2) is 0 Å². The molecule has 11 heteroatoms. The van der Waals surface area contributed by atoms with Gasteiger partial charge in [0, 0.05) is 32.7 Å². The Hall–Kier alpha value is -1.36. The van der Waals surface area contributed by atoms with Gasteiger partial charge in [0.1, 0.15) is 0 Å². The molecular formula is C18H24ClF3N2O4S. The molecule has 1 amide bonds. The number of nitrogens with zero attached hydrogens (tertiary/aromatic N) is 1. The average Bonchev–Trinajstić information content (AvgIpc) is 2.65. The van der Waals surface area contributed by atoms with E-state index in [0.717, 1.165) is 31.4 Å². The molecule has 1 aromatic carbocycles. The number of benzene rings is 1. The zero-order valence-electron chi connectivity index (χ0n) is 16.0. The van der Waals surface area contributed by atoms with Gasteiger partial charge in [0.25, 0.3) is 0 Å². The first-order valence-corrected chi connectivity index (χ1v) is 11.2. The standard InChI is InChI=1S/C18H24ClF3N2O4S/c1-2-10-28-13-4-3-9-24(12-13)17(25)7-8-23-29(26,27)14-5-6-16(19)15(11-14)18(20,21)22/h5-6,11,13,23H,2-4,7-10,12H2,1H3. The Morgan fingerprint density at radius 1 is 1.38 bits per heavy atom. The number of amides is 1. The van der Waals surface area contributed by atoms with Crippen molar-refractivity contribution in [3.05, 3.63) is 28.8 Å². The maximum absolute atomic E-state index is 12.9. The molecule has 6 nitrogen and oxygen atoms in total. The number of hydrogen-bond donors (Lipinski definition) is 1. The summed E-state index contributed by atoms with van der Waals surface area (Å²) >= 11 is 5.51. The summed E-state index contributed by atoms with van der Waals surface area (Å²) in [5.41, 5.74) is -1.23. The van der Waals surface area contributed by atoms with Crippen molar-refractivity contribution in [2.24, 2.45) is 0 Å². The summed E-state index contributed by atoms with van der Waals surface area (Å²) in [6.07, 6.45) is -2.35. The molecule has 1 aliphatic rings. The lowest BCUT2D eigenvalue weighted by molar-refractivity contribution is -0.137. The van der Waals surface area contributed by atoms with Gasteiger partial charge in [-0.05, 0) is 37.5 Å². The van der Waals surface area contributed by atoms with Crippen LogP contribution in [0.15, 0.2) is 23.1 Å². The van der Waals surface area contributed by atoms with Gasteiger partial charge in [-0.1, -0.05) is 18.5 Å². The van der Waals surface area contributed by atoms with Gasteiger partial charge < -0.3 is 9.64 Å². The Balaban J connectivity index is 1.93. The normalized spacial score (nSPS) is 18.1. The van der Waals surface area contributed by atoms with Crippen LogP contribution in [0.4, 0.5) is 13.2 Å². The lowest BCUT2D eigenvalue weighted by Gasteiger charge is -2.32. The number of sulfonamides is 1. The monoisotopic (exact) mass is 456 g/mol. The van der Waals surface area contributed by atoms with Gasteiger partial charge in [-0.25, -0.2) is 13.1 Å². The first-order valence-electron chi connectivity index (χ1n) is 9.30. The van der Waals surface area contributed by atoms with Gasteiger partial charge >= 0.3 is 6.18 Å². The quantitative estimate of drug-likeness (QED) is 0.650. The minimum Gasteiger partial charge on any atom is -0.376 e. The number of ether oxygens (including phenoxy) is 1. The number of carbonyl (C=O) groups excluding carboxylic acids is 1. The first-order chi connectivity index (χ1) is 13.5. The highest BCUT2D eigenvalue weighted by Gasteiger charge is 2.34. The molecule has 0 bridgehead atoms. The van der Waals surface area contributed by atoms with Crippen LogP contribution in [-0.4, -0.2) is 51.6 Å². The van der Waals surface area contributed by atoms with E-state index in [2.05, 4.69) is 4.72 Å². The van der Waals surface area contributed by atoms with Crippen LogP contribution in [0.2, 0.25) is 5.02 Å². The van der Waals surface area contributed by atoms with Crippen molar-refractivity contribution in [2.45, 2.75) is 49.8 Å². The molecule has 1 aromatic rings. The Labute approximate surface area is 173 Å². The van der Waals surface area contributed by atoms with E-state index in [0.29, 0.717) is 25.8 Å². The summed E-state index contributed by atoms with van der Waals surface area (Å²) in [6, 6.07) is 2.35. The topological polar surface area (TPSA) is 75.7 Å². The van der Waals surface area contributed by atoms with E-state index < -0.39 is 31.7 Å². The predicted octanol–water partition coefficient (Wildman–Crippen LogP) is 3.44. The van der Waals surface area contributed by atoms with E-state index in [9.17, 15) is 26.4 Å². The molecule has 0 saturated carbocycles. The molecule has 0 radical (unpaired) electrons. The molecule has 1 aliphatic heterocycles. The predicted molar refractivity (Wildman–Crippen MR) is 102 cm³/mol. The molecule has 1 saturated heterocycles. The summed E-state index contributed by atoms with van der Waals surface area (Å²) in [7, 11) is -4.21. The zero-order chi connectivity index (χ0) is 21.7. The highest BCUT2D eigenvalue weighted by Crippen LogP contribution is 2.35. The van der Waals surface area contributed by atoms with Gasteiger partial charge in [-0.3, -0.25) is 4.79 Å². The SMILES string of the molecule is CCCOC1CCCN(C(=O)CCNS(=O)(=O)c2ccc(Cl)c(C(F)(F)F)c2)C1. The molecule has 2 rings (SSSR count). The van der Waals surface area contributed by atoms with Gasteiger partial charge in [0.2, 0.25) is 15.9 Å². The minimum atomic E-state index is -4.77. The lowest BCUT2D eigenvalue weighted by Crippen LogP contribution is -2.44. The number of hydrogen-bond acceptors (Lipinski definition) is 4. The van der Waals surface area contributed by atoms with E-state index in [1.165, 1.54) is 0 Å². The number of alkyl halides is 3. The van der Waals surface area contributed by atoms with E-state index in [4.69, 9.17) is 16.3 Å². The van der Waals surface area contributed by atoms with Crippen molar-refractivity contribution in [1.82, 2.24) is 9.62 Å². The van der Waals surface area contributed by atoms with Crippen molar-refractivity contribution in [3.8, 4) is 0 Å². The Morgan fingerprint density at radius 2 is 2.10 bits per heavy atom. The van der Waals surface area contributed by atoms with Crippen LogP contribution in [0, 0.1) is 0 Å². The van der Waals surface area contributed by atoms with Crippen LogP contribution < -0.4 is 4.72 Å². The number of piperidine rings is 1. The summed E-state index contributed by atoms with van der Waals surface area (Å²) in [4.78, 5) is 13.4. The minimum absolute atomic E-state index is 0.0285. The number of rotatable bonds is 8. The van der Waals surface area contributed by atoms with Crippen molar-refractivity contribution in [2.75, 3.05) is 26.2 Å². The van der Waals surface area contributed by atoms with Crippen LogP contribution in [0.25, 0.3) is 0 Å². The van der Waals surface area contributed by atoms with E-state index in [1.807, 2.05) is 6.92 Å². The molecule has 1 N–H and O–H groups in total. The molecule has 1 heterocycles. The second kappa shape index (κ2) is 10.1. The summed E-state index contributed by atoms with van der Waals surface area (Å²) < 4.78 is 71.2. The van der Waals surface area contributed by atoms with Crippen molar-refractivity contribution in [3.63, 3.8) is 0 Å². The second-order valence-corrected chi connectivity index (χ2v) is 8.94. The molecule has 29 heavy (non-hydrogen) atoms. The van der Waals surface area contributed by atoms with Crippen molar-refractivity contribution >= 4 is 27.5 Å². The number of likely N-dealkylation sites (tertiary alicyclic amines) is 1. The third-order valence-electron chi connectivity index (χ3n) is 4.47. The Morgan fingerprint density at radius 3 is 2.76 bits per heavy atom. The molecule has 164 valence electrons. The number of carbonyl (C=O) groups is 1. The second-order valence-electron chi connectivity index (χ2n) is 6.76. The summed E-state index contributed by atoms with van der Waals surface area (Å²) in [5.74, 6) is -0.232. The average molecular weight is 457 g/mol. The fraction of sp³-hybridized carbons (Fsp3) is 0.611. The van der Waals surface area contributed by atoms with Crippen molar-refractivity contribution in [1.29, 1.82) is 0 Å². The third-order valence-corrected chi connectivity index (χ3v) is 6.26. The van der Waals surface area contributed by atoms with Crippen molar-refractivity contribution < 1.29 is 31.1 Å². The fourth-order valence-electron chi connectivity index (χ4n) is 3.01. The highest BCUT2D eigenvalue weighted by atomic mass is 35.5. The summed E-state index contributed by atoms with van der Waals surface area (Å²) in [5, 5.41) is -0.587. The highest BCUT2D eigenvalue weighted by molar-refractivity contribution is 7.89. The number of halogens is 4. The Bertz CT molecular complexity index is 818. The van der Waals surface area contributed by atoms with Crippen LogP contribution in [0.1, 0.15) is 38.2 Å². The van der Waals surface area contributed by atoms with Crippen LogP contribution in [-0.2, 0) is 25.7 Å². The van der Waals surface area contributed by atoms with Crippen LogP contribution in [0.5, 0.6) is 0 Å². The summed E-state index contributed by atoms with van der Waals surface area (Å²) in [6.45, 7) is 3.42. The molecule has 1 fully saturated rings. The molecule has 1 unspecified atom stereocenters. The maximum atomic E-state index is 12.9. The fourth-order valence-corrected chi connectivity index (χ4v) is 4.29. The van der Waals surface area contributed by atoms with E-state index in [1.54, 1.807) is 4.90 Å². The molecule has 0 spiro atoms. The van der Waals surface area contributed by atoms with Gasteiger partial charge in [0.05, 0.1) is 21.6 Å². The van der Waals surface area contributed by atoms with Gasteiger partial charge in [-0.15, -0.1) is 0 Å². The third kappa shape index (κ3) is 6.84. The largest absolute Gasteiger partial charge is 0.417 e. The van der Waals surface area contributed by atoms with E-state index in [-0.39, 0.29) is 25.0 Å². The first kappa shape index (κ1) is 23.9. The molecule has 0 aromatic heterocycles. The zero-order valence-corrected chi connectivity index (χ0v) is 17.5. The number of nitrogens with one attached hydrogen (secondary N) is 1. The lowest BCUT2D eigenvalue weighted by atomic mass is 10.1. The van der Waals surface area contributed by atoms with Crippen LogP contribution in [0.3, 0.4) is 0 Å². The molecular weight excluding hydrogens is 433 g/mol. The van der Waals surface area contributed by atoms with Crippen LogP contribution >= 0.6 is 11.6 Å². The molecule has 0 aliphatic carbocycles. The van der Waals surface area contributed by atoms with Gasteiger partial charge in [-0.2, -0.15) is 13.2 Å². The Kier molecular flexibility index (Phi) is 8.33. The maximum Gasteiger partial charge on any atom is 0.417 e. The van der Waals surface area contributed by atoms with E-state index >= 15 is 0 Å².